The second-order valence-corrected chi connectivity index (χ2v) is 3.69. The molecule has 0 unspecified atom stereocenters. The van der Waals surface area contributed by atoms with E-state index in [1.807, 2.05) is 25.1 Å². The number of benzene rings is 1. The fourth-order valence-corrected chi connectivity index (χ4v) is 1.48. The third-order valence-corrected chi connectivity index (χ3v) is 2.18. The molecular formula is C11H14ClNO. The van der Waals surface area contributed by atoms with E-state index in [-0.39, 0.29) is 0 Å². The van der Waals surface area contributed by atoms with Crippen LogP contribution in [0.25, 0.3) is 5.57 Å². The normalized spacial score (nSPS) is 10.2. The largest absolute Gasteiger partial charge is 0.304 e. The van der Waals surface area contributed by atoms with E-state index >= 15 is 0 Å². The number of hydrogen-bond acceptors (Lipinski definition) is 2. The van der Waals surface area contributed by atoms with Crippen LogP contribution in [-0.4, -0.2) is 6.61 Å². The molecule has 1 aromatic carbocycles. The molecule has 0 aromatic heterocycles. The Kier molecular flexibility index (Phi) is 4.14. The zero-order valence-corrected chi connectivity index (χ0v) is 8.97. The van der Waals surface area contributed by atoms with Gasteiger partial charge in [0.1, 0.15) is 0 Å². The zero-order chi connectivity index (χ0) is 10.6. The molecule has 0 aliphatic heterocycles. The summed E-state index contributed by atoms with van der Waals surface area (Å²) in [5.74, 6) is 4.96. The minimum absolute atomic E-state index is 0.496. The Morgan fingerprint density at radius 2 is 2.21 bits per heavy atom. The van der Waals surface area contributed by atoms with Crippen molar-refractivity contribution < 1.29 is 4.84 Å². The molecule has 0 fully saturated rings. The molecule has 0 radical (unpaired) electrons. The van der Waals surface area contributed by atoms with Crippen molar-refractivity contribution in [1.29, 1.82) is 0 Å². The Hall–Kier alpha value is -0.830. The van der Waals surface area contributed by atoms with Gasteiger partial charge < -0.3 is 4.84 Å². The van der Waals surface area contributed by atoms with Crippen LogP contribution < -0.4 is 5.90 Å². The minimum atomic E-state index is 0.496. The highest BCUT2D eigenvalue weighted by atomic mass is 35.5. The number of halogens is 1. The Morgan fingerprint density at radius 1 is 1.50 bits per heavy atom. The Labute approximate surface area is 89.3 Å². The first-order chi connectivity index (χ1) is 6.63. The highest BCUT2D eigenvalue weighted by Gasteiger charge is 2.00. The fraction of sp³-hybridized carbons (Fsp3) is 0.273. The summed E-state index contributed by atoms with van der Waals surface area (Å²) in [4.78, 5) is 4.52. The van der Waals surface area contributed by atoms with Gasteiger partial charge in [0.2, 0.25) is 0 Å². The van der Waals surface area contributed by atoms with E-state index < -0.39 is 0 Å². The number of hydrogen-bond donors (Lipinski definition) is 1. The number of rotatable bonds is 4. The predicted molar refractivity (Wildman–Crippen MR) is 60.0 cm³/mol. The third kappa shape index (κ3) is 3.14. The van der Waals surface area contributed by atoms with Crippen LogP contribution in [0.15, 0.2) is 24.8 Å². The maximum Gasteiger partial charge on any atom is 0.0719 e. The topological polar surface area (TPSA) is 35.2 Å². The van der Waals surface area contributed by atoms with Crippen LogP contribution in [0.3, 0.4) is 0 Å². The molecule has 3 heteroatoms. The summed E-state index contributed by atoms with van der Waals surface area (Å²) < 4.78 is 0. The van der Waals surface area contributed by atoms with Crippen molar-refractivity contribution in [3.05, 3.63) is 40.9 Å². The van der Waals surface area contributed by atoms with Crippen molar-refractivity contribution in [2.24, 2.45) is 5.90 Å². The third-order valence-electron chi connectivity index (χ3n) is 1.96. The summed E-state index contributed by atoms with van der Waals surface area (Å²) in [6, 6.07) is 5.86. The van der Waals surface area contributed by atoms with Crippen molar-refractivity contribution >= 4 is 17.2 Å². The maximum absolute atomic E-state index is 5.96. The van der Waals surface area contributed by atoms with E-state index in [2.05, 4.69) is 11.4 Å². The molecule has 1 aromatic rings. The van der Waals surface area contributed by atoms with E-state index in [9.17, 15) is 0 Å². The van der Waals surface area contributed by atoms with Crippen LogP contribution >= 0.6 is 11.6 Å². The lowest BCUT2D eigenvalue weighted by Gasteiger charge is -2.05. The summed E-state index contributed by atoms with van der Waals surface area (Å²) in [5.41, 5.74) is 3.17. The van der Waals surface area contributed by atoms with E-state index in [1.54, 1.807) is 0 Å². The first-order valence-corrected chi connectivity index (χ1v) is 4.78. The summed E-state index contributed by atoms with van der Waals surface area (Å²) in [6.45, 7) is 6.32. The van der Waals surface area contributed by atoms with Crippen LogP contribution in [0.2, 0.25) is 5.02 Å². The predicted octanol–water partition coefficient (Wildman–Crippen LogP) is 2.81. The Balaban J connectivity index is 2.89. The standard InChI is InChI=1S/C11H14ClNO/c1-8(2)10-5-9(3-4-14-13)6-11(12)7-10/h5-7H,1,3-4,13H2,2H3. The van der Waals surface area contributed by atoms with E-state index in [1.165, 1.54) is 0 Å². The van der Waals surface area contributed by atoms with Crippen LogP contribution in [0, 0.1) is 0 Å². The molecule has 14 heavy (non-hydrogen) atoms. The van der Waals surface area contributed by atoms with E-state index in [0.717, 1.165) is 28.1 Å². The molecule has 2 nitrogen and oxygen atoms in total. The molecule has 0 amide bonds. The molecular weight excluding hydrogens is 198 g/mol. The van der Waals surface area contributed by atoms with Crippen molar-refractivity contribution in [1.82, 2.24) is 0 Å². The lowest BCUT2D eigenvalue weighted by atomic mass is 10.0. The van der Waals surface area contributed by atoms with Gasteiger partial charge in [-0.15, -0.1) is 0 Å². The molecule has 2 N–H and O–H groups in total. The highest BCUT2D eigenvalue weighted by molar-refractivity contribution is 6.30. The molecule has 0 saturated carbocycles. The van der Waals surface area contributed by atoms with Gasteiger partial charge in [-0.05, 0) is 36.6 Å². The van der Waals surface area contributed by atoms with Gasteiger partial charge in [0, 0.05) is 5.02 Å². The van der Waals surface area contributed by atoms with Gasteiger partial charge in [0.25, 0.3) is 0 Å². The highest BCUT2D eigenvalue weighted by Crippen LogP contribution is 2.20. The van der Waals surface area contributed by atoms with Crippen molar-refractivity contribution in [2.75, 3.05) is 6.61 Å². The molecule has 0 saturated heterocycles. The van der Waals surface area contributed by atoms with Gasteiger partial charge in [0.15, 0.2) is 0 Å². The first kappa shape index (κ1) is 11.2. The molecule has 0 aliphatic rings. The van der Waals surface area contributed by atoms with Gasteiger partial charge in [0.05, 0.1) is 6.61 Å². The van der Waals surface area contributed by atoms with Crippen LogP contribution in [0.5, 0.6) is 0 Å². The lowest BCUT2D eigenvalue weighted by molar-refractivity contribution is 0.141. The smallest absolute Gasteiger partial charge is 0.0719 e. The molecule has 0 atom stereocenters. The van der Waals surface area contributed by atoms with Crippen molar-refractivity contribution in [3.8, 4) is 0 Å². The van der Waals surface area contributed by atoms with Gasteiger partial charge in [-0.2, -0.15) is 0 Å². The van der Waals surface area contributed by atoms with E-state index in [0.29, 0.717) is 6.61 Å². The summed E-state index contributed by atoms with van der Waals surface area (Å²) in [7, 11) is 0. The van der Waals surface area contributed by atoms with Crippen LogP contribution in [-0.2, 0) is 11.3 Å². The summed E-state index contributed by atoms with van der Waals surface area (Å²) in [5, 5.41) is 0.720. The summed E-state index contributed by atoms with van der Waals surface area (Å²) in [6.07, 6.45) is 0.761. The maximum atomic E-state index is 5.96. The van der Waals surface area contributed by atoms with Gasteiger partial charge in [-0.25, -0.2) is 5.90 Å². The van der Waals surface area contributed by atoms with Crippen molar-refractivity contribution in [3.63, 3.8) is 0 Å². The Morgan fingerprint density at radius 3 is 2.79 bits per heavy atom. The molecule has 0 aliphatic carbocycles. The fourth-order valence-electron chi connectivity index (χ4n) is 1.22. The van der Waals surface area contributed by atoms with Gasteiger partial charge >= 0.3 is 0 Å². The monoisotopic (exact) mass is 211 g/mol. The molecule has 0 spiro atoms. The Bertz CT molecular complexity index is 336. The van der Waals surface area contributed by atoms with Crippen LogP contribution in [0.4, 0.5) is 0 Å². The first-order valence-electron chi connectivity index (χ1n) is 4.40. The van der Waals surface area contributed by atoms with Crippen molar-refractivity contribution in [2.45, 2.75) is 13.3 Å². The molecule has 0 heterocycles. The van der Waals surface area contributed by atoms with E-state index in [4.69, 9.17) is 17.5 Å². The second-order valence-electron chi connectivity index (χ2n) is 3.25. The molecule has 0 bridgehead atoms. The number of allylic oxidation sites excluding steroid dienone is 1. The number of nitrogens with two attached hydrogens (primary N) is 1. The lowest BCUT2D eigenvalue weighted by Crippen LogP contribution is -2.03. The quantitative estimate of drug-likeness (QED) is 0.778. The average molecular weight is 212 g/mol. The molecule has 76 valence electrons. The molecule has 1 rings (SSSR count). The average Bonchev–Trinajstić information content (AvgIpc) is 2.14. The summed E-state index contributed by atoms with van der Waals surface area (Å²) >= 11 is 5.96. The zero-order valence-electron chi connectivity index (χ0n) is 8.22. The SMILES string of the molecule is C=C(C)c1cc(Cl)cc(CCON)c1. The van der Waals surface area contributed by atoms with Crippen LogP contribution in [0.1, 0.15) is 18.1 Å². The second kappa shape index (κ2) is 5.15. The minimum Gasteiger partial charge on any atom is -0.304 e. The van der Waals surface area contributed by atoms with Gasteiger partial charge in [-0.1, -0.05) is 29.8 Å². The van der Waals surface area contributed by atoms with Gasteiger partial charge in [-0.3, -0.25) is 0 Å².